The minimum atomic E-state index is 0.0258. The molecular weight excluding hydrogens is 292 g/mol. The molecule has 0 spiro atoms. The van der Waals surface area contributed by atoms with E-state index in [1.165, 1.54) is 0 Å². The second kappa shape index (κ2) is 6.24. The van der Waals surface area contributed by atoms with Crippen LogP contribution in [0.4, 0.5) is 0 Å². The first-order valence-corrected chi connectivity index (χ1v) is 7.04. The molecule has 0 fully saturated rings. The van der Waals surface area contributed by atoms with Gasteiger partial charge < -0.3 is 19.3 Å². The monoisotopic (exact) mass is 306 g/mol. The van der Waals surface area contributed by atoms with Gasteiger partial charge in [0.25, 0.3) is 0 Å². The summed E-state index contributed by atoms with van der Waals surface area (Å²) in [6, 6.07) is 11.0. The predicted octanol–water partition coefficient (Wildman–Crippen LogP) is 3.18. The van der Waals surface area contributed by atoms with E-state index in [1.807, 2.05) is 36.4 Å². The minimum Gasteiger partial charge on any atom is -0.489 e. The van der Waals surface area contributed by atoms with Crippen molar-refractivity contribution in [2.45, 2.75) is 13.2 Å². The molecule has 0 saturated heterocycles. The van der Waals surface area contributed by atoms with Crippen LogP contribution in [0.1, 0.15) is 11.1 Å². The molecule has 0 aliphatic carbocycles. The summed E-state index contributed by atoms with van der Waals surface area (Å²) in [4.78, 5) is 0. The molecule has 1 heterocycles. The topological polar surface area (TPSA) is 47.9 Å². The highest BCUT2D eigenvalue weighted by molar-refractivity contribution is 6.32. The zero-order chi connectivity index (χ0) is 14.7. The third-order valence-electron chi connectivity index (χ3n) is 3.17. The number of aliphatic hydroxyl groups is 1. The second-order valence-corrected chi connectivity index (χ2v) is 5.10. The van der Waals surface area contributed by atoms with Crippen molar-refractivity contribution in [3.8, 4) is 17.2 Å². The molecule has 21 heavy (non-hydrogen) atoms. The van der Waals surface area contributed by atoms with Gasteiger partial charge in [-0.2, -0.15) is 0 Å². The van der Waals surface area contributed by atoms with Crippen LogP contribution in [0.25, 0.3) is 0 Å². The highest BCUT2D eigenvalue weighted by Crippen LogP contribution is 2.38. The molecule has 0 atom stereocenters. The van der Waals surface area contributed by atoms with Gasteiger partial charge in [0.15, 0.2) is 11.5 Å². The number of ether oxygens (including phenoxy) is 3. The zero-order valence-corrected chi connectivity index (χ0v) is 12.1. The van der Waals surface area contributed by atoms with E-state index in [0.717, 1.165) is 16.9 Å². The second-order valence-electron chi connectivity index (χ2n) is 4.69. The summed E-state index contributed by atoms with van der Waals surface area (Å²) in [6.45, 7) is 1.45. The number of fused-ring (bicyclic) bond motifs is 1. The predicted molar refractivity (Wildman–Crippen MR) is 79.1 cm³/mol. The normalized spacial score (nSPS) is 13.0. The first-order valence-electron chi connectivity index (χ1n) is 6.67. The maximum absolute atomic E-state index is 9.00. The van der Waals surface area contributed by atoms with Crippen LogP contribution in [0.5, 0.6) is 17.2 Å². The van der Waals surface area contributed by atoms with Crippen LogP contribution < -0.4 is 14.2 Å². The minimum absolute atomic E-state index is 0.0258. The molecule has 3 rings (SSSR count). The number of aliphatic hydroxyl groups excluding tert-OH is 1. The molecule has 0 aromatic heterocycles. The Morgan fingerprint density at radius 2 is 1.81 bits per heavy atom. The van der Waals surface area contributed by atoms with Crippen molar-refractivity contribution in [1.29, 1.82) is 0 Å². The summed E-state index contributed by atoms with van der Waals surface area (Å²) >= 11 is 6.18. The summed E-state index contributed by atoms with van der Waals surface area (Å²) in [7, 11) is 0. The van der Waals surface area contributed by atoms with Crippen LogP contribution in [0.3, 0.4) is 0 Å². The molecule has 1 N–H and O–H groups in total. The summed E-state index contributed by atoms with van der Waals surface area (Å²) in [5.74, 6) is 1.99. The van der Waals surface area contributed by atoms with Gasteiger partial charge in [-0.05, 0) is 35.4 Å². The van der Waals surface area contributed by atoms with E-state index in [4.69, 9.17) is 30.9 Å². The molecule has 1 aliphatic heterocycles. The van der Waals surface area contributed by atoms with Gasteiger partial charge in [0, 0.05) is 0 Å². The molecular formula is C16H15ClO4. The van der Waals surface area contributed by atoms with E-state index in [0.29, 0.717) is 36.3 Å². The lowest BCUT2D eigenvalue weighted by Crippen LogP contribution is -2.16. The van der Waals surface area contributed by atoms with Gasteiger partial charge in [0.2, 0.25) is 0 Å². The standard InChI is InChI=1S/C16H15ClO4/c17-14-7-12(8-15-16(14)20-6-5-19-15)10-21-13-3-1-11(9-18)2-4-13/h1-4,7-8,18H,5-6,9-10H2. The van der Waals surface area contributed by atoms with Crippen LogP contribution in [-0.4, -0.2) is 18.3 Å². The van der Waals surface area contributed by atoms with Gasteiger partial charge in [-0.1, -0.05) is 23.7 Å². The van der Waals surface area contributed by atoms with Gasteiger partial charge in [-0.25, -0.2) is 0 Å². The van der Waals surface area contributed by atoms with Crippen molar-refractivity contribution >= 4 is 11.6 Å². The number of benzene rings is 2. The molecule has 0 radical (unpaired) electrons. The highest BCUT2D eigenvalue weighted by Gasteiger charge is 2.16. The number of hydrogen-bond acceptors (Lipinski definition) is 4. The summed E-state index contributed by atoms with van der Waals surface area (Å²) in [5.41, 5.74) is 1.76. The Bertz CT molecular complexity index is 625. The van der Waals surface area contributed by atoms with Gasteiger partial charge in [0.1, 0.15) is 25.6 Å². The smallest absolute Gasteiger partial charge is 0.179 e. The van der Waals surface area contributed by atoms with Gasteiger partial charge in [-0.3, -0.25) is 0 Å². The third-order valence-corrected chi connectivity index (χ3v) is 3.45. The highest BCUT2D eigenvalue weighted by atomic mass is 35.5. The summed E-state index contributed by atoms with van der Waals surface area (Å²) in [5, 5.41) is 9.53. The fourth-order valence-electron chi connectivity index (χ4n) is 2.11. The SMILES string of the molecule is OCc1ccc(OCc2cc(Cl)c3c(c2)OCCO3)cc1. The fraction of sp³-hybridized carbons (Fsp3) is 0.250. The van der Waals surface area contributed by atoms with Gasteiger partial charge >= 0.3 is 0 Å². The molecule has 4 nitrogen and oxygen atoms in total. The molecule has 0 saturated carbocycles. The van der Waals surface area contributed by atoms with Crippen LogP contribution in [0, 0.1) is 0 Å². The number of halogens is 1. The van der Waals surface area contributed by atoms with Crippen molar-refractivity contribution in [1.82, 2.24) is 0 Å². The maximum Gasteiger partial charge on any atom is 0.179 e. The number of rotatable bonds is 4. The molecule has 1 aliphatic rings. The molecule has 110 valence electrons. The van der Waals surface area contributed by atoms with E-state index >= 15 is 0 Å². The van der Waals surface area contributed by atoms with Crippen LogP contribution in [-0.2, 0) is 13.2 Å². The Balaban J connectivity index is 1.71. The molecule has 0 bridgehead atoms. The first kappa shape index (κ1) is 14.0. The lowest BCUT2D eigenvalue weighted by Gasteiger charge is -2.20. The first-order chi connectivity index (χ1) is 10.3. The Morgan fingerprint density at radius 3 is 2.57 bits per heavy atom. The van der Waals surface area contributed by atoms with Gasteiger partial charge in [-0.15, -0.1) is 0 Å². The van der Waals surface area contributed by atoms with E-state index < -0.39 is 0 Å². The zero-order valence-electron chi connectivity index (χ0n) is 11.3. The lowest BCUT2D eigenvalue weighted by atomic mass is 10.2. The average Bonchev–Trinajstić information content (AvgIpc) is 2.53. The van der Waals surface area contributed by atoms with Crippen molar-refractivity contribution < 1.29 is 19.3 Å². The third kappa shape index (κ3) is 3.23. The molecule has 2 aromatic carbocycles. The van der Waals surface area contributed by atoms with Crippen molar-refractivity contribution in [2.75, 3.05) is 13.2 Å². The van der Waals surface area contributed by atoms with Crippen molar-refractivity contribution in [3.63, 3.8) is 0 Å². The molecule has 0 unspecified atom stereocenters. The van der Waals surface area contributed by atoms with Crippen molar-refractivity contribution in [3.05, 3.63) is 52.5 Å². The Morgan fingerprint density at radius 1 is 1.05 bits per heavy atom. The molecule has 2 aromatic rings. The van der Waals surface area contributed by atoms with Gasteiger partial charge in [0.05, 0.1) is 11.6 Å². The summed E-state index contributed by atoms with van der Waals surface area (Å²) < 4.78 is 16.7. The quantitative estimate of drug-likeness (QED) is 0.942. The molecule has 0 amide bonds. The largest absolute Gasteiger partial charge is 0.489 e. The average molecular weight is 307 g/mol. The van der Waals surface area contributed by atoms with E-state index in [-0.39, 0.29) is 6.61 Å². The van der Waals surface area contributed by atoms with E-state index in [9.17, 15) is 0 Å². The maximum atomic E-state index is 9.00. The van der Waals surface area contributed by atoms with Crippen LogP contribution in [0.15, 0.2) is 36.4 Å². The van der Waals surface area contributed by atoms with Crippen molar-refractivity contribution in [2.24, 2.45) is 0 Å². The Kier molecular flexibility index (Phi) is 4.18. The molecule has 5 heteroatoms. The van der Waals surface area contributed by atoms with Crippen LogP contribution >= 0.6 is 11.6 Å². The van der Waals surface area contributed by atoms with Crippen LogP contribution in [0.2, 0.25) is 5.02 Å². The number of hydrogen-bond donors (Lipinski definition) is 1. The Labute approximate surface area is 127 Å². The summed E-state index contributed by atoms with van der Waals surface area (Å²) in [6.07, 6.45) is 0. The Hall–Kier alpha value is -1.91. The lowest BCUT2D eigenvalue weighted by molar-refractivity contribution is 0.171. The van der Waals surface area contributed by atoms with E-state index in [1.54, 1.807) is 0 Å². The van der Waals surface area contributed by atoms with E-state index in [2.05, 4.69) is 0 Å². The fourth-order valence-corrected chi connectivity index (χ4v) is 2.39.